The van der Waals surface area contributed by atoms with Crippen molar-refractivity contribution in [3.63, 3.8) is 0 Å². The summed E-state index contributed by atoms with van der Waals surface area (Å²) in [6.07, 6.45) is 0. The summed E-state index contributed by atoms with van der Waals surface area (Å²) in [7, 11) is 0. The number of nitrogens with zero attached hydrogens (tertiary/aromatic N) is 3. The summed E-state index contributed by atoms with van der Waals surface area (Å²) in [5.41, 5.74) is 12.7. The van der Waals surface area contributed by atoms with Crippen LogP contribution in [0.3, 0.4) is 0 Å². The standard InChI is InChI=1S/C54H37N3S/c1-6-17-38(18-7-1)46-27-16-28-47-50-36-52-49(37-53(50)58-54(46)47)48-35-45(56(41-23-12-4-13-24-41)42-25-14-5-15-26-42)33-34-51(48)57(52)44-31-29-43(30-32-44)55(39-19-8-2-9-20-39)40-21-10-3-11-22-40/h1-37H. The highest BCUT2D eigenvalue weighted by Gasteiger charge is 2.20. The molecule has 4 heteroatoms. The lowest BCUT2D eigenvalue weighted by Crippen LogP contribution is -2.10. The molecule has 58 heavy (non-hydrogen) atoms. The average molecular weight is 760 g/mol. The van der Waals surface area contributed by atoms with Crippen LogP contribution in [-0.4, -0.2) is 4.57 Å². The predicted octanol–water partition coefficient (Wildman–Crippen LogP) is 15.8. The maximum absolute atomic E-state index is 2.45. The molecule has 9 aromatic carbocycles. The van der Waals surface area contributed by atoms with Crippen molar-refractivity contribution in [3.05, 3.63) is 224 Å². The molecule has 0 atom stereocenters. The molecule has 0 bridgehead atoms. The lowest BCUT2D eigenvalue weighted by Gasteiger charge is -2.26. The number of hydrogen-bond donors (Lipinski definition) is 0. The Kier molecular flexibility index (Phi) is 8.34. The number of thiophene rings is 1. The first-order valence-corrected chi connectivity index (χ1v) is 20.5. The molecule has 274 valence electrons. The number of benzene rings is 9. The quantitative estimate of drug-likeness (QED) is 0.153. The van der Waals surface area contributed by atoms with E-state index in [-0.39, 0.29) is 0 Å². The summed E-state index contributed by atoms with van der Waals surface area (Å²) in [6, 6.07) is 80.9. The molecule has 11 rings (SSSR count). The van der Waals surface area contributed by atoms with Gasteiger partial charge in [0.15, 0.2) is 0 Å². The molecule has 0 radical (unpaired) electrons. The van der Waals surface area contributed by atoms with E-state index in [1.165, 1.54) is 53.1 Å². The molecule has 3 nitrogen and oxygen atoms in total. The summed E-state index contributed by atoms with van der Waals surface area (Å²) < 4.78 is 5.06. The molecule has 2 heterocycles. The van der Waals surface area contributed by atoms with E-state index in [1.54, 1.807) is 0 Å². The number of hydrogen-bond acceptors (Lipinski definition) is 3. The van der Waals surface area contributed by atoms with Crippen LogP contribution in [0.25, 0.3) is 58.8 Å². The Bertz CT molecular complexity index is 3110. The molecular weight excluding hydrogens is 723 g/mol. The molecule has 0 saturated heterocycles. The summed E-state index contributed by atoms with van der Waals surface area (Å²) in [5, 5.41) is 5.02. The van der Waals surface area contributed by atoms with Crippen LogP contribution in [0.4, 0.5) is 34.1 Å². The van der Waals surface area contributed by atoms with Crippen LogP contribution in [-0.2, 0) is 0 Å². The molecule has 2 aromatic heterocycles. The SMILES string of the molecule is c1ccc(-c2cccc3c2sc2cc4c5cc(N(c6ccccc6)c6ccccc6)ccc5n(-c5ccc(N(c6ccccc6)c6ccccc6)cc5)c4cc23)cc1. The zero-order chi connectivity index (χ0) is 38.4. The third-order valence-corrected chi connectivity index (χ3v) is 12.3. The highest BCUT2D eigenvalue weighted by molar-refractivity contribution is 7.26. The number of rotatable bonds is 8. The molecular formula is C54H37N3S. The van der Waals surface area contributed by atoms with Gasteiger partial charge >= 0.3 is 0 Å². The van der Waals surface area contributed by atoms with Crippen LogP contribution < -0.4 is 9.80 Å². The van der Waals surface area contributed by atoms with Crippen LogP contribution in [0.5, 0.6) is 0 Å². The van der Waals surface area contributed by atoms with Crippen molar-refractivity contribution in [2.45, 2.75) is 0 Å². The van der Waals surface area contributed by atoms with Gasteiger partial charge in [0.2, 0.25) is 0 Å². The smallest absolute Gasteiger partial charge is 0.0548 e. The average Bonchev–Trinajstić information content (AvgIpc) is 3.82. The van der Waals surface area contributed by atoms with Crippen molar-refractivity contribution >= 4 is 87.4 Å². The molecule has 0 amide bonds. The fraction of sp³-hybridized carbons (Fsp3) is 0. The van der Waals surface area contributed by atoms with Crippen LogP contribution in [0.15, 0.2) is 224 Å². The van der Waals surface area contributed by atoms with E-state index in [2.05, 4.69) is 239 Å². The van der Waals surface area contributed by atoms with Crippen molar-refractivity contribution in [1.29, 1.82) is 0 Å². The lowest BCUT2D eigenvalue weighted by molar-refractivity contribution is 1.17. The van der Waals surface area contributed by atoms with E-state index >= 15 is 0 Å². The van der Waals surface area contributed by atoms with E-state index in [0.29, 0.717) is 0 Å². The molecule has 0 aliphatic carbocycles. The van der Waals surface area contributed by atoms with Crippen molar-refractivity contribution in [3.8, 4) is 16.8 Å². The van der Waals surface area contributed by atoms with Gasteiger partial charge in [-0.1, -0.05) is 121 Å². The first kappa shape index (κ1) is 33.9. The van der Waals surface area contributed by atoms with E-state index in [9.17, 15) is 0 Å². The van der Waals surface area contributed by atoms with E-state index in [1.807, 2.05) is 11.3 Å². The van der Waals surface area contributed by atoms with Crippen LogP contribution in [0.2, 0.25) is 0 Å². The van der Waals surface area contributed by atoms with Gasteiger partial charge in [0.25, 0.3) is 0 Å². The molecule has 0 aliphatic rings. The zero-order valence-electron chi connectivity index (χ0n) is 31.6. The minimum absolute atomic E-state index is 1.10. The zero-order valence-corrected chi connectivity index (χ0v) is 32.4. The normalized spacial score (nSPS) is 11.4. The van der Waals surface area contributed by atoms with E-state index in [4.69, 9.17) is 0 Å². The topological polar surface area (TPSA) is 11.4 Å². The van der Waals surface area contributed by atoms with Gasteiger partial charge in [-0.15, -0.1) is 11.3 Å². The van der Waals surface area contributed by atoms with Gasteiger partial charge in [0.05, 0.1) is 11.0 Å². The molecule has 11 aromatic rings. The predicted molar refractivity (Wildman–Crippen MR) is 248 cm³/mol. The largest absolute Gasteiger partial charge is 0.311 e. The Hall–Kier alpha value is -7.40. The van der Waals surface area contributed by atoms with Gasteiger partial charge in [0, 0.05) is 70.8 Å². The van der Waals surface area contributed by atoms with Gasteiger partial charge in [0.1, 0.15) is 0 Å². The Labute approximate surface area is 341 Å². The van der Waals surface area contributed by atoms with E-state index < -0.39 is 0 Å². The lowest BCUT2D eigenvalue weighted by atomic mass is 10.0. The minimum atomic E-state index is 1.10. The van der Waals surface area contributed by atoms with Gasteiger partial charge in [-0.2, -0.15) is 0 Å². The van der Waals surface area contributed by atoms with Crippen molar-refractivity contribution < 1.29 is 0 Å². The summed E-state index contributed by atoms with van der Waals surface area (Å²) in [5.74, 6) is 0. The molecule has 0 spiro atoms. The third-order valence-electron chi connectivity index (χ3n) is 11.1. The second-order valence-corrected chi connectivity index (χ2v) is 15.6. The summed E-state index contributed by atoms with van der Waals surface area (Å²) >= 11 is 1.89. The van der Waals surface area contributed by atoms with Gasteiger partial charge in [-0.3, -0.25) is 0 Å². The van der Waals surface area contributed by atoms with Crippen molar-refractivity contribution in [1.82, 2.24) is 4.57 Å². The second kappa shape index (κ2) is 14.3. The van der Waals surface area contributed by atoms with Gasteiger partial charge in [-0.25, -0.2) is 0 Å². The number of fused-ring (bicyclic) bond motifs is 6. The van der Waals surface area contributed by atoms with Crippen LogP contribution in [0.1, 0.15) is 0 Å². The number of aromatic nitrogens is 1. The molecule has 0 N–H and O–H groups in total. The first-order valence-electron chi connectivity index (χ1n) is 19.7. The first-order chi connectivity index (χ1) is 28.8. The Morgan fingerprint density at radius 3 is 1.38 bits per heavy atom. The summed E-state index contributed by atoms with van der Waals surface area (Å²) in [4.78, 5) is 4.66. The molecule has 0 unspecified atom stereocenters. The fourth-order valence-electron chi connectivity index (χ4n) is 8.51. The number of anilines is 6. The maximum atomic E-state index is 2.45. The second-order valence-electron chi connectivity index (χ2n) is 14.6. The van der Waals surface area contributed by atoms with E-state index in [0.717, 1.165) is 39.8 Å². The highest BCUT2D eigenvalue weighted by atomic mass is 32.1. The molecule has 0 saturated carbocycles. The van der Waals surface area contributed by atoms with Crippen molar-refractivity contribution in [2.24, 2.45) is 0 Å². The Morgan fingerprint density at radius 2 is 0.810 bits per heavy atom. The Morgan fingerprint density at radius 1 is 0.328 bits per heavy atom. The maximum Gasteiger partial charge on any atom is 0.0548 e. The monoisotopic (exact) mass is 759 g/mol. The molecule has 0 fully saturated rings. The Balaban J connectivity index is 1.14. The van der Waals surface area contributed by atoms with Gasteiger partial charge in [-0.05, 0) is 114 Å². The fourth-order valence-corrected chi connectivity index (χ4v) is 9.77. The van der Waals surface area contributed by atoms with Crippen LogP contribution >= 0.6 is 11.3 Å². The summed E-state index contributed by atoms with van der Waals surface area (Å²) in [6.45, 7) is 0. The van der Waals surface area contributed by atoms with Crippen LogP contribution in [0, 0.1) is 0 Å². The van der Waals surface area contributed by atoms with Crippen molar-refractivity contribution in [2.75, 3.05) is 9.80 Å². The minimum Gasteiger partial charge on any atom is -0.311 e. The van der Waals surface area contributed by atoms with Gasteiger partial charge < -0.3 is 14.4 Å². The molecule has 0 aliphatic heterocycles. The third kappa shape index (κ3) is 5.82. The number of para-hydroxylation sites is 4. The highest BCUT2D eigenvalue weighted by Crippen LogP contribution is 2.45.